The molecule has 3 rings (SSSR count). The number of rotatable bonds is 11. The first-order chi connectivity index (χ1) is 16.8. The lowest BCUT2D eigenvalue weighted by atomic mass is 10.0. The zero-order chi connectivity index (χ0) is 25.2. The average Bonchev–Trinajstić information content (AvgIpc) is 2.83. The summed E-state index contributed by atoms with van der Waals surface area (Å²) in [5, 5.41) is 14.7. The Morgan fingerprint density at radius 3 is 2.11 bits per heavy atom. The molecule has 3 N–H and O–H groups in total. The molecule has 0 spiro atoms. The Bertz CT molecular complexity index is 1150. The molecular weight excluding hydrogens is 451 g/mol. The number of carboxylic acid groups (broad SMARTS) is 1. The molecule has 35 heavy (non-hydrogen) atoms. The number of ether oxygens (including phenoxy) is 1. The number of carboxylic acids is 1. The largest absolute Gasteiger partial charge is 0.489 e. The quantitative estimate of drug-likeness (QED) is 0.392. The lowest BCUT2D eigenvalue weighted by molar-refractivity contribution is -0.142. The van der Waals surface area contributed by atoms with Gasteiger partial charge in [0.15, 0.2) is 0 Å². The van der Waals surface area contributed by atoms with Crippen molar-refractivity contribution in [1.82, 2.24) is 10.6 Å². The van der Waals surface area contributed by atoms with Crippen LogP contribution in [0.15, 0.2) is 78.9 Å². The molecule has 2 atom stereocenters. The van der Waals surface area contributed by atoms with Crippen molar-refractivity contribution < 1.29 is 28.6 Å². The highest BCUT2D eigenvalue weighted by Gasteiger charge is 2.26. The van der Waals surface area contributed by atoms with E-state index in [9.17, 15) is 23.9 Å². The third kappa shape index (κ3) is 8.26. The van der Waals surface area contributed by atoms with Crippen molar-refractivity contribution in [3.8, 4) is 5.75 Å². The molecule has 0 saturated carbocycles. The van der Waals surface area contributed by atoms with Crippen LogP contribution in [0.3, 0.4) is 0 Å². The van der Waals surface area contributed by atoms with Crippen LogP contribution in [0, 0.1) is 5.82 Å². The molecule has 8 heteroatoms. The topological polar surface area (TPSA) is 105 Å². The second kappa shape index (κ2) is 12.3. The third-order valence-corrected chi connectivity index (χ3v) is 5.25. The number of carbonyl (C=O) groups is 3. The van der Waals surface area contributed by atoms with Gasteiger partial charge in [-0.1, -0.05) is 54.6 Å². The van der Waals surface area contributed by atoms with Gasteiger partial charge in [-0.25, -0.2) is 9.18 Å². The van der Waals surface area contributed by atoms with E-state index in [2.05, 4.69) is 10.6 Å². The van der Waals surface area contributed by atoms with E-state index in [4.69, 9.17) is 4.74 Å². The van der Waals surface area contributed by atoms with Crippen LogP contribution in [0.1, 0.15) is 23.6 Å². The van der Waals surface area contributed by atoms with Crippen molar-refractivity contribution in [2.24, 2.45) is 0 Å². The van der Waals surface area contributed by atoms with Crippen molar-refractivity contribution in [1.29, 1.82) is 0 Å². The van der Waals surface area contributed by atoms with E-state index in [-0.39, 0.29) is 12.8 Å². The molecule has 3 aromatic carbocycles. The minimum Gasteiger partial charge on any atom is -0.489 e. The van der Waals surface area contributed by atoms with Crippen LogP contribution in [0.2, 0.25) is 0 Å². The lowest BCUT2D eigenvalue weighted by Gasteiger charge is -2.21. The lowest BCUT2D eigenvalue weighted by Crippen LogP contribution is -2.52. The zero-order valence-corrected chi connectivity index (χ0v) is 19.2. The first-order valence-corrected chi connectivity index (χ1v) is 11.1. The van der Waals surface area contributed by atoms with Crippen LogP contribution < -0.4 is 15.4 Å². The number of benzene rings is 3. The third-order valence-electron chi connectivity index (χ3n) is 5.25. The Morgan fingerprint density at radius 2 is 1.49 bits per heavy atom. The molecule has 0 aromatic heterocycles. The van der Waals surface area contributed by atoms with Gasteiger partial charge in [-0.05, 0) is 41.0 Å². The average molecular weight is 479 g/mol. The van der Waals surface area contributed by atoms with Crippen LogP contribution in [0.5, 0.6) is 5.75 Å². The number of nitrogens with one attached hydrogen (secondary N) is 2. The standard InChI is InChI=1S/C27H27FN2O5/c1-18(31)29-24(16-21-8-5-9-22(28)14-21)26(32)30-25(27(33)34)15-19-10-12-23(13-11-19)35-17-20-6-3-2-4-7-20/h2-14,24-25H,15-17H2,1H3,(H,29,31)(H,30,32)(H,33,34)/t24-,25+/m1/s1. The molecule has 0 radical (unpaired) electrons. The molecule has 182 valence electrons. The first kappa shape index (κ1) is 25.4. The van der Waals surface area contributed by atoms with Gasteiger partial charge in [-0.3, -0.25) is 9.59 Å². The second-order valence-corrected chi connectivity index (χ2v) is 8.11. The van der Waals surface area contributed by atoms with Gasteiger partial charge in [-0.2, -0.15) is 0 Å². The SMILES string of the molecule is CC(=O)N[C@H](Cc1cccc(F)c1)C(=O)N[C@@H](Cc1ccc(OCc2ccccc2)cc1)C(=O)O. The molecule has 0 heterocycles. The van der Waals surface area contributed by atoms with Crippen molar-refractivity contribution in [2.75, 3.05) is 0 Å². The summed E-state index contributed by atoms with van der Waals surface area (Å²) in [4.78, 5) is 36.3. The minimum atomic E-state index is -1.22. The Labute approximate surface area is 202 Å². The Morgan fingerprint density at radius 1 is 0.829 bits per heavy atom. The molecule has 0 aliphatic heterocycles. The molecule has 0 saturated heterocycles. The van der Waals surface area contributed by atoms with Crippen LogP contribution in [0.25, 0.3) is 0 Å². The van der Waals surface area contributed by atoms with Crippen molar-refractivity contribution >= 4 is 17.8 Å². The van der Waals surface area contributed by atoms with E-state index < -0.39 is 35.7 Å². The molecule has 0 aliphatic rings. The smallest absolute Gasteiger partial charge is 0.326 e. The Kier molecular flexibility index (Phi) is 8.95. The summed E-state index contributed by atoms with van der Waals surface area (Å²) in [7, 11) is 0. The highest BCUT2D eigenvalue weighted by molar-refractivity contribution is 5.90. The number of hydrogen-bond acceptors (Lipinski definition) is 4. The van der Waals surface area contributed by atoms with Gasteiger partial charge < -0.3 is 20.5 Å². The Hall–Kier alpha value is -4.20. The van der Waals surface area contributed by atoms with Gasteiger partial charge in [0.1, 0.15) is 30.3 Å². The van der Waals surface area contributed by atoms with E-state index >= 15 is 0 Å². The summed E-state index contributed by atoms with van der Waals surface area (Å²) in [6.45, 7) is 1.66. The maximum absolute atomic E-state index is 13.5. The highest BCUT2D eigenvalue weighted by atomic mass is 19.1. The summed E-state index contributed by atoms with van der Waals surface area (Å²) < 4.78 is 19.3. The van der Waals surface area contributed by atoms with Gasteiger partial charge >= 0.3 is 5.97 Å². The van der Waals surface area contributed by atoms with E-state index in [1.807, 2.05) is 30.3 Å². The summed E-state index contributed by atoms with van der Waals surface area (Å²) in [5.41, 5.74) is 2.21. The first-order valence-electron chi connectivity index (χ1n) is 11.1. The number of amides is 2. The van der Waals surface area contributed by atoms with Gasteiger partial charge in [0.25, 0.3) is 0 Å². The molecule has 0 fully saturated rings. The van der Waals surface area contributed by atoms with E-state index in [1.54, 1.807) is 30.3 Å². The monoisotopic (exact) mass is 478 g/mol. The number of halogens is 1. The van der Waals surface area contributed by atoms with Gasteiger partial charge in [-0.15, -0.1) is 0 Å². The highest BCUT2D eigenvalue weighted by Crippen LogP contribution is 2.16. The van der Waals surface area contributed by atoms with E-state index in [0.717, 1.165) is 5.56 Å². The van der Waals surface area contributed by atoms with Crippen LogP contribution in [-0.2, 0) is 33.8 Å². The van der Waals surface area contributed by atoms with Crippen molar-refractivity contribution in [3.05, 3.63) is 101 Å². The fourth-order valence-corrected chi connectivity index (χ4v) is 3.53. The minimum absolute atomic E-state index is 0.0168. The van der Waals surface area contributed by atoms with Crippen molar-refractivity contribution in [3.63, 3.8) is 0 Å². The molecule has 3 aromatic rings. The molecule has 0 aliphatic carbocycles. The van der Waals surface area contributed by atoms with Gasteiger partial charge in [0.05, 0.1) is 0 Å². The summed E-state index contributed by atoms with van der Waals surface area (Å²) in [6, 6.07) is 20.0. The van der Waals surface area contributed by atoms with E-state index in [0.29, 0.717) is 23.5 Å². The number of carbonyl (C=O) groups excluding carboxylic acids is 2. The maximum Gasteiger partial charge on any atom is 0.326 e. The van der Waals surface area contributed by atoms with Crippen molar-refractivity contribution in [2.45, 2.75) is 38.5 Å². The summed E-state index contributed by atoms with van der Waals surface area (Å²) in [6.07, 6.45) is 0.0513. The second-order valence-electron chi connectivity index (χ2n) is 8.11. The van der Waals surface area contributed by atoms with Crippen LogP contribution >= 0.6 is 0 Å². The normalized spacial score (nSPS) is 12.3. The fourth-order valence-electron chi connectivity index (χ4n) is 3.53. The predicted octanol–water partition coefficient (Wildman–Crippen LogP) is 3.26. The number of hydrogen-bond donors (Lipinski definition) is 3. The summed E-state index contributed by atoms with van der Waals surface area (Å²) >= 11 is 0. The molecular formula is C27H27FN2O5. The Balaban J connectivity index is 1.62. The molecule has 0 unspecified atom stereocenters. The summed E-state index contributed by atoms with van der Waals surface area (Å²) in [5.74, 6) is -2.17. The van der Waals surface area contributed by atoms with Gasteiger partial charge in [0, 0.05) is 19.8 Å². The van der Waals surface area contributed by atoms with Crippen LogP contribution in [0.4, 0.5) is 4.39 Å². The molecule has 7 nitrogen and oxygen atoms in total. The van der Waals surface area contributed by atoms with E-state index in [1.165, 1.54) is 25.1 Å². The van der Waals surface area contributed by atoms with Crippen LogP contribution in [-0.4, -0.2) is 35.0 Å². The fraction of sp³-hybridized carbons (Fsp3) is 0.222. The zero-order valence-electron chi connectivity index (χ0n) is 19.2. The number of aliphatic carboxylic acids is 1. The van der Waals surface area contributed by atoms with Gasteiger partial charge in [0.2, 0.25) is 11.8 Å². The maximum atomic E-state index is 13.5. The molecule has 0 bridgehead atoms. The predicted molar refractivity (Wildman–Crippen MR) is 128 cm³/mol. The molecule has 2 amide bonds.